The number of anilines is 1. The molecule has 1 aliphatic carbocycles. The maximum atomic E-state index is 11.8. The Morgan fingerprint density at radius 3 is 2.93 bits per heavy atom. The van der Waals surface area contributed by atoms with E-state index in [-0.39, 0.29) is 10.7 Å². The average Bonchev–Trinajstić information content (AvgIpc) is 3.00. The molecule has 0 atom stereocenters. The van der Waals surface area contributed by atoms with Gasteiger partial charge in [-0.25, -0.2) is 0 Å². The van der Waals surface area contributed by atoms with Crippen LogP contribution in [-0.2, 0) is 4.79 Å². The van der Waals surface area contributed by atoms with Gasteiger partial charge in [-0.3, -0.25) is 4.79 Å². The van der Waals surface area contributed by atoms with E-state index in [1.54, 1.807) is 18.9 Å². The Morgan fingerprint density at radius 2 is 2.27 bits per heavy atom. The number of fused-ring (bicyclic) bond motifs is 1. The van der Waals surface area contributed by atoms with Gasteiger partial charge in [0, 0.05) is 0 Å². The first-order valence-electron chi connectivity index (χ1n) is 4.93. The zero-order valence-corrected chi connectivity index (χ0v) is 9.19. The lowest BCUT2D eigenvalue weighted by molar-refractivity contribution is -0.116. The minimum atomic E-state index is -0.193. The van der Waals surface area contributed by atoms with Crippen molar-refractivity contribution in [1.29, 1.82) is 0 Å². The zero-order valence-electron chi connectivity index (χ0n) is 8.37. The zero-order chi connectivity index (χ0) is 10.5. The van der Waals surface area contributed by atoms with Crippen LogP contribution in [0.15, 0.2) is 23.1 Å². The summed E-state index contributed by atoms with van der Waals surface area (Å²) >= 11 is 1.65. The lowest BCUT2D eigenvalue weighted by Crippen LogP contribution is -2.30. The first-order valence-corrected chi connectivity index (χ1v) is 5.74. The van der Waals surface area contributed by atoms with Crippen molar-refractivity contribution in [3.8, 4) is 5.75 Å². The molecule has 0 radical (unpaired) electrons. The van der Waals surface area contributed by atoms with Crippen molar-refractivity contribution >= 4 is 23.4 Å². The summed E-state index contributed by atoms with van der Waals surface area (Å²) in [5, 5.41) is 2.95. The van der Waals surface area contributed by atoms with Crippen molar-refractivity contribution in [2.45, 2.75) is 22.5 Å². The third-order valence-corrected chi connectivity index (χ3v) is 4.47. The van der Waals surface area contributed by atoms with Gasteiger partial charge in [0.25, 0.3) is 0 Å². The number of ether oxygens (including phenoxy) is 1. The Kier molecular flexibility index (Phi) is 1.77. The molecule has 1 saturated carbocycles. The molecule has 3 rings (SSSR count). The standard InChI is InChI=1S/C11H11NO2S/c1-14-8-4-2-3-7-9(8)15-11(5-6-11)10(13)12-7/h2-4H,5-6H2,1H3,(H,12,13). The van der Waals surface area contributed by atoms with E-state index >= 15 is 0 Å². The van der Waals surface area contributed by atoms with Crippen molar-refractivity contribution in [3.63, 3.8) is 0 Å². The lowest BCUT2D eigenvalue weighted by atomic mass is 10.2. The molecular weight excluding hydrogens is 210 g/mol. The summed E-state index contributed by atoms with van der Waals surface area (Å²) in [6, 6.07) is 5.74. The number of hydrogen-bond donors (Lipinski definition) is 1. The first-order chi connectivity index (χ1) is 7.25. The molecule has 0 saturated heterocycles. The maximum Gasteiger partial charge on any atom is 0.241 e. The molecule has 1 fully saturated rings. The van der Waals surface area contributed by atoms with Crippen LogP contribution in [0.2, 0.25) is 0 Å². The van der Waals surface area contributed by atoms with E-state index in [4.69, 9.17) is 4.74 Å². The highest BCUT2D eigenvalue weighted by Gasteiger charge is 2.53. The fraction of sp³-hybridized carbons (Fsp3) is 0.364. The Bertz CT molecular complexity index is 440. The minimum Gasteiger partial charge on any atom is -0.496 e. The highest BCUT2D eigenvalue weighted by Crippen LogP contribution is 2.58. The highest BCUT2D eigenvalue weighted by atomic mass is 32.2. The van der Waals surface area contributed by atoms with Crippen LogP contribution in [0.1, 0.15) is 12.8 Å². The van der Waals surface area contributed by atoms with Gasteiger partial charge in [0.1, 0.15) is 5.75 Å². The summed E-state index contributed by atoms with van der Waals surface area (Å²) in [7, 11) is 1.66. The Labute approximate surface area is 92.2 Å². The molecule has 0 aromatic heterocycles. The molecule has 1 spiro atoms. The molecule has 15 heavy (non-hydrogen) atoms. The predicted molar refractivity (Wildman–Crippen MR) is 59.4 cm³/mol. The van der Waals surface area contributed by atoms with Crippen LogP contribution in [0.4, 0.5) is 5.69 Å². The molecule has 4 heteroatoms. The van der Waals surface area contributed by atoms with Gasteiger partial charge in [0.2, 0.25) is 5.91 Å². The molecule has 3 nitrogen and oxygen atoms in total. The van der Waals surface area contributed by atoms with E-state index in [1.807, 2.05) is 18.2 Å². The second kappa shape index (κ2) is 2.92. The highest BCUT2D eigenvalue weighted by molar-refractivity contribution is 8.02. The summed E-state index contributed by atoms with van der Waals surface area (Å²) in [6.45, 7) is 0. The van der Waals surface area contributed by atoms with Crippen molar-refractivity contribution in [2.75, 3.05) is 12.4 Å². The maximum absolute atomic E-state index is 11.8. The van der Waals surface area contributed by atoms with Gasteiger partial charge in [-0.05, 0) is 25.0 Å². The number of nitrogens with one attached hydrogen (secondary N) is 1. The molecule has 2 aliphatic rings. The molecule has 1 aromatic rings. The van der Waals surface area contributed by atoms with Crippen LogP contribution in [0.25, 0.3) is 0 Å². The summed E-state index contributed by atoms with van der Waals surface area (Å²) < 4.78 is 5.10. The van der Waals surface area contributed by atoms with E-state index in [0.717, 1.165) is 29.2 Å². The van der Waals surface area contributed by atoms with Crippen LogP contribution >= 0.6 is 11.8 Å². The molecule has 0 bridgehead atoms. The van der Waals surface area contributed by atoms with E-state index in [1.165, 1.54) is 0 Å². The number of carbonyl (C=O) groups is 1. The molecular formula is C11H11NO2S. The smallest absolute Gasteiger partial charge is 0.241 e. The van der Waals surface area contributed by atoms with Crippen molar-refractivity contribution in [3.05, 3.63) is 18.2 Å². The molecule has 1 heterocycles. The second-order valence-electron chi connectivity index (χ2n) is 3.89. The van der Waals surface area contributed by atoms with Gasteiger partial charge in [0.05, 0.1) is 22.4 Å². The average molecular weight is 221 g/mol. The van der Waals surface area contributed by atoms with E-state index in [0.29, 0.717) is 0 Å². The van der Waals surface area contributed by atoms with Crippen LogP contribution in [0.5, 0.6) is 5.75 Å². The second-order valence-corrected chi connectivity index (χ2v) is 5.28. The SMILES string of the molecule is COc1cccc2c1SC1(CC1)C(=O)N2. The van der Waals surface area contributed by atoms with Gasteiger partial charge >= 0.3 is 0 Å². The number of rotatable bonds is 1. The van der Waals surface area contributed by atoms with Crippen LogP contribution in [0.3, 0.4) is 0 Å². The summed E-state index contributed by atoms with van der Waals surface area (Å²) in [6.07, 6.45) is 1.95. The van der Waals surface area contributed by atoms with Gasteiger partial charge in [-0.1, -0.05) is 6.07 Å². The van der Waals surface area contributed by atoms with Gasteiger partial charge in [-0.15, -0.1) is 11.8 Å². The third kappa shape index (κ3) is 1.24. The normalized spacial score (nSPS) is 20.7. The Morgan fingerprint density at radius 1 is 1.47 bits per heavy atom. The third-order valence-electron chi connectivity index (χ3n) is 2.86. The molecule has 1 N–H and O–H groups in total. The van der Waals surface area contributed by atoms with E-state index < -0.39 is 0 Å². The summed E-state index contributed by atoms with van der Waals surface area (Å²) in [4.78, 5) is 12.8. The van der Waals surface area contributed by atoms with Crippen molar-refractivity contribution in [1.82, 2.24) is 0 Å². The predicted octanol–water partition coefficient (Wildman–Crippen LogP) is 2.27. The summed E-state index contributed by atoms with van der Waals surface area (Å²) in [5.74, 6) is 0.997. The van der Waals surface area contributed by atoms with Crippen LogP contribution in [0, 0.1) is 0 Å². The number of hydrogen-bond acceptors (Lipinski definition) is 3. The Hall–Kier alpha value is -1.16. The molecule has 0 unspecified atom stereocenters. The quantitative estimate of drug-likeness (QED) is 0.790. The molecule has 78 valence electrons. The van der Waals surface area contributed by atoms with E-state index in [2.05, 4.69) is 5.32 Å². The number of methoxy groups -OCH3 is 1. The monoisotopic (exact) mass is 221 g/mol. The molecule has 1 aliphatic heterocycles. The van der Waals surface area contributed by atoms with Crippen molar-refractivity contribution in [2.24, 2.45) is 0 Å². The van der Waals surface area contributed by atoms with Gasteiger partial charge in [-0.2, -0.15) is 0 Å². The van der Waals surface area contributed by atoms with Gasteiger partial charge < -0.3 is 10.1 Å². The molecule has 1 amide bonds. The topological polar surface area (TPSA) is 38.3 Å². The van der Waals surface area contributed by atoms with E-state index in [9.17, 15) is 4.79 Å². The number of amides is 1. The van der Waals surface area contributed by atoms with Crippen LogP contribution in [-0.4, -0.2) is 17.8 Å². The van der Waals surface area contributed by atoms with Crippen LogP contribution < -0.4 is 10.1 Å². The first kappa shape index (κ1) is 9.09. The minimum absolute atomic E-state index is 0.147. The fourth-order valence-electron chi connectivity index (χ4n) is 1.80. The molecule has 1 aromatic carbocycles. The number of carbonyl (C=O) groups excluding carboxylic acids is 1. The fourth-order valence-corrected chi connectivity index (χ4v) is 3.12. The largest absolute Gasteiger partial charge is 0.496 e. The van der Waals surface area contributed by atoms with Crippen molar-refractivity contribution < 1.29 is 9.53 Å². The number of thioether (sulfide) groups is 1. The summed E-state index contributed by atoms with van der Waals surface area (Å²) in [5.41, 5.74) is 0.877. The lowest BCUT2D eigenvalue weighted by Gasteiger charge is -2.24. The Balaban J connectivity index is 2.09. The van der Waals surface area contributed by atoms with Gasteiger partial charge in [0.15, 0.2) is 0 Å². The number of benzene rings is 1.